The molecule has 0 fully saturated rings. The molecular formula is C15H12Br3N3O. The minimum atomic E-state index is -0.105. The Bertz CT molecular complexity index is 949. The van der Waals surface area contributed by atoms with Crippen molar-refractivity contribution in [1.29, 1.82) is 0 Å². The molecule has 0 aliphatic heterocycles. The Hall–Kier alpha value is -0.920. The van der Waals surface area contributed by atoms with Gasteiger partial charge in [-0.3, -0.25) is 9.36 Å². The Morgan fingerprint density at radius 1 is 1.09 bits per heavy atom. The smallest absolute Gasteiger partial charge is 0.260 e. The molecule has 114 valence electrons. The number of hydrogen-bond acceptors (Lipinski definition) is 2. The molecular weight excluding hydrogens is 478 g/mol. The molecule has 1 N–H and O–H groups in total. The number of hydrogen-bond donors (Lipinski definition) is 1. The highest BCUT2D eigenvalue weighted by molar-refractivity contribution is 9.11. The van der Waals surface area contributed by atoms with Crippen LogP contribution >= 0.6 is 47.8 Å². The van der Waals surface area contributed by atoms with Crippen molar-refractivity contribution in [3.05, 3.63) is 53.0 Å². The van der Waals surface area contributed by atoms with E-state index >= 15 is 0 Å². The zero-order valence-electron chi connectivity index (χ0n) is 12.1. The first-order chi connectivity index (χ1) is 10.3. The van der Waals surface area contributed by atoms with Crippen molar-refractivity contribution < 1.29 is 0 Å². The first-order valence-electron chi connectivity index (χ1n) is 6.54. The van der Waals surface area contributed by atoms with Gasteiger partial charge in [0.1, 0.15) is 5.82 Å². The first kappa shape index (κ1) is 16.0. The van der Waals surface area contributed by atoms with Crippen LogP contribution in [0.2, 0.25) is 0 Å². The largest absolute Gasteiger partial charge is 0.310 e. The van der Waals surface area contributed by atoms with E-state index in [-0.39, 0.29) is 5.56 Å². The van der Waals surface area contributed by atoms with Crippen LogP contribution < -0.4 is 5.56 Å². The molecule has 0 saturated carbocycles. The summed E-state index contributed by atoms with van der Waals surface area (Å²) in [6.07, 6.45) is 0. The number of fused-ring (bicyclic) bond motifs is 1. The second kappa shape index (κ2) is 5.62. The van der Waals surface area contributed by atoms with Crippen molar-refractivity contribution in [2.45, 2.75) is 20.8 Å². The van der Waals surface area contributed by atoms with Gasteiger partial charge in [-0.1, -0.05) is 15.9 Å². The van der Waals surface area contributed by atoms with Gasteiger partial charge in [0.2, 0.25) is 0 Å². The third kappa shape index (κ3) is 2.39. The monoisotopic (exact) mass is 487 g/mol. The highest BCUT2D eigenvalue weighted by atomic mass is 79.9. The second-order valence-corrected chi connectivity index (χ2v) is 7.74. The van der Waals surface area contributed by atoms with Gasteiger partial charge in [-0.05, 0) is 70.3 Å². The summed E-state index contributed by atoms with van der Waals surface area (Å²) in [5, 5.41) is 0.629. The molecule has 0 spiro atoms. The van der Waals surface area contributed by atoms with E-state index in [1.807, 2.05) is 30.5 Å². The molecule has 22 heavy (non-hydrogen) atoms. The van der Waals surface area contributed by atoms with Gasteiger partial charge in [-0.15, -0.1) is 0 Å². The Morgan fingerprint density at radius 2 is 1.68 bits per heavy atom. The highest BCUT2D eigenvalue weighted by Gasteiger charge is 2.20. The summed E-state index contributed by atoms with van der Waals surface area (Å²) >= 11 is 10.7. The summed E-state index contributed by atoms with van der Waals surface area (Å²) in [6.45, 7) is 5.72. The summed E-state index contributed by atoms with van der Waals surface area (Å²) in [5.74, 6) is 0.598. The molecule has 7 heteroatoms. The molecule has 1 aromatic carbocycles. The van der Waals surface area contributed by atoms with Gasteiger partial charge in [0.25, 0.3) is 5.56 Å². The molecule has 3 aromatic rings. The Balaban J connectivity index is 2.53. The number of halogens is 3. The Labute approximate surface area is 152 Å². The molecule has 0 aliphatic rings. The lowest BCUT2D eigenvalue weighted by molar-refractivity contribution is 0.978. The lowest BCUT2D eigenvalue weighted by Crippen LogP contribution is -2.10. The molecule has 0 aliphatic carbocycles. The third-order valence-corrected chi connectivity index (χ3v) is 5.36. The molecule has 3 rings (SSSR count). The van der Waals surface area contributed by atoms with E-state index in [0.717, 1.165) is 30.4 Å². The fourth-order valence-electron chi connectivity index (χ4n) is 2.60. The van der Waals surface area contributed by atoms with E-state index in [9.17, 15) is 4.79 Å². The second-order valence-electron chi connectivity index (χ2n) is 5.11. The van der Waals surface area contributed by atoms with E-state index in [0.29, 0.717) is 16.9 Å². The van der Waals surface area contributed by atoms with Crippen molar-refractivity contribution in [3.63, 3.8) is 0 Å². The summed E-state index contributed by atoms with van der Waals surface area (Å²) in [4.78, 5) is 19.6. The minimum Gasteiger partial charge on any atom is -0.310 e. The standard InChI is InChI=1S/C15H12Br3N3O/c1-6-7(2)21(13-10(17)4-9(16)5-11(13)18)14-12(6)15(22)20-8(3)19-14/h4-5H,1-3H3,(H,19,20,22). The molecule has 0 unspecified atom stereocenters. The van der Waals surface area contributed by atoms with Gasteiger partial charge in [-0.2, -0.15) is 0 Å². The van der Waals surface area contributed by atoms with E-state index in [1.54, 1.807) is 6.92 Å². The predicted molar refractivity (Wildman–Crippen MR) is 99.0 cm³/mol. The topological polar surface area (TPSA) is 50.7 Å². The van der Waals surface area contributed by atoms with Crippen LogP contribution in [0.4, 0.5) is 0 Å². The van der Waals surface area contributed by atoms with Gasteiger partial charge in [-0.25, -0.2) is 4.98 Å². The van der Waals surface area contributed by atoms with Gasteiger partial charge in [0.15, 0.2) is 5.65 Å². The lowest BCUT2D eigenvalue weighted by Gasteiger charge is -2.13. The number of benzene rings is 1. The first-order valence-corrected chi connectivity index (χ1v) is 8.92. The van der Waals surface area contributed by atoms with Crippen LogP contribution in [0.5, 0.6) is 0 Å². The van der Waals surface area contributed by atoms with E-state index in [4.69, 9.17) is 0 Å². The number of nitrogens with one attached hydrogen (secondary N) is 1. The maximum Gasteiger partial charge on any atom is 0.260 e. The van der Waals surface area contributed by atoms with Crippen molar-refractivity contribution in [2.24, 2.45) is 0 Å². The van der Waals surface area contributed by atoms with Crippen LogP contribution in [0.1, 0.15) is 17.1 Å². The van der Waals surface area contributed by atoms with E-state index in [2.05, 4.69) is 57.8 Å². The number of rotatable bonds is 1. The van der Waals surface area contributed by atoms with Crippen LogP contribution in [0.3, 0.4) is 0 Å². The van der Waals surface area contributed by atoms with E-state index in [1.165, 1.54) is 0 Å². The Kier molecular flexibility index (Phi) is 4.07. The number of aromatic nitrogens is 3. The minimum absolute atomic E-state index is 0.105. The Morgan fingerprint density at radius 3 is 2.27 bits per heavy atom. The quantitative estimate of drug-likeness (QED) is 0.527. The molecule has 2 heterocycles. The van der Waals surface area contributed by atoms with E-state index < -0.39 is 0 Å². The SMILES string of the molecule is Cc1nc2c(c(C)c(C)n2-c2c(Br)cc(Br)cc2Br)c(=O)[nH]1. The van der Waals surface area contributed by atoms with Gasteiger partial charge >= 0.3 is 0 Å². The van der Waals surface area contributed by atoms with Gasteiger partial charge < -0.3 is 4.98 Å². The number of aromatic amines is 1. The van der Waals surface area contributed by atoms with Crippen LogP contribution in [-0.2, 0) is 0 Å². The predicted octanol–water partition coefficient (Wildman–Crippen LogP) is 4.93. The van der Waals surface area contributed by atoms with Crippen LogP contribution in [-0.4, -0.2) is 14.5 Å². The molecule has 0 bridgehead atoms. The normalized spacial score (nSPS) is 11.4. The average molecular weight is 490 g/mol. The van der Waals surface area contributed by atoms with Crippen molar-refractivity contribution in [3.8, 4) is 5.69 Å². The van der Waals surface area contributed by atoms with Crippen molar-refractivity contribution in [2.75, 3.05) is 0 Å². The molecule has 0 amide bonds. The zero-order chi connectivity index (χ0) is 16.2. The van der Waals surface area contributed by atoms with Gasteiger partial charge in [0.05, 0.1) is 11.1 Å². The molecule has 4 nitrogen and oxygen atoms in total. The molecule has 0 radical (unpaired) electrons. The average Bonchev–Trinajstić information content (AvgIpc) is 2.62. The summed E-state index contributed by atoms with van der Waals surface area (Å²) in [5.41, 5.74) is 3.41. The van der Waals surface area contributed by atoms with Crippen LogP contribution in [0, 0.1) is 20.8 Å². The molecule has 0 saturated heterocycles. The number of H-pyrrole nitrogens is 1. The molecule has 0 atom stereocenters. The van der Waals surface area contributed by atoms with Crippen LogP contribution in [0.25, 0.3) is 16.7 Å². The summed E-state index contributed by atoms with van der Waals surface area (Å²) in [7, 11) is 0. The maximum atomic E-state index is 12.3. The highest BCUT2D eigenvalue weighted by Crippen LogP contribution is 2.36. The van der Waals surface area contributed by atoms with Crippen LogP contribution in [0.15, 0.2) is 30.3 Å². The van der Waals surface area contributed by atoms with Crippen molar-refractivity contribution >= 4 is 58.8 Å². The summed E-state index contributed by atoms with van der Waals surface area (Å²) < 4.78 is 4.79. The fourth-order valence-corrected chi connectivity index (χ4v) is 5.21. The van der Waals surface area contributed by atoms with Crippen molar-refractivity contribution in [1.82, 2.24) is 14.5 Å². The summed E-state index contributed by atoms with van der Waals surface area (Å²) in [6, 6.07) is 3.95. The number of aryl methyl sites for hydroxylation is 2. The zero-order valence-corrected chi connectivity index (χ0v) is 16.8. The molecule has 2 aromatic heterocycles. The fraction of sp³-hybridized carbons (Fsp3) is 0.200. The maximum absolute atomic E-state index is 12.3. The third-order valence-electron chi connectivity index (χ3n) is 3.69. The van der Waals surface area contributed by atoms with Gasteiger partial charge in [0, 0.05) is 19.1 Å². The lowest BCUT2D eigenvalue weighted by atomic mass is 10.2. The number of nitrogens with zero attached hydrogens (tertiary/aromatic N) is 2.